The highest BCUT2D eigenvalue weighted by atomic mass is 32.2. The van der Waals surface area contributed by atoms with Gasteiger partial charge in [-0.05, 0) is 29.9 Å². The van der Waals surface area contributed by atoms with E-state index in [0.29, 0.717) is 10.7 Å². The summed E-state index contributed by atoms with van der Waals surface area (Å²) < 4.78 is 28.0. The normalized spacial score (nSPS) is 11.4. The number of nitroso groups, excluding NO2 is 1. The molecular weight excluding hydrogens is 408 g/mol. The van der Waals surface area contributed by atoms with Gasteiger partial charge in [-0.25, -0.2) is 23.1 Å². The third kappa shape index (κ3) is 4.80. The number of anilines is 1. The summed E-state index contributed by atoms with van der Waals surface area (Å²) in [6.45, 7) is 4.19. The van der Waals surface area contributed by atoms with Gasteiger partial charge in [0.15, 0.2) is 0 Å². The van der Waals surface area contributed by atoms with Gasteiger partial charge in [0.1, 0.15) is 5.03 Å². The molecule has 3 aromatic rings. The summed E-state index contributed by atoms with van der Waals surface area (Å²) in [6.07, 6.45) is 1.86. The number of hydrogen-bond acceptors (Lipinski definition) is 6. The Morgan fingerprint density at radius 3 is 2.48 bits per heavy atom. The molecule has 0 aliphatic rings. The van der Waals surface area contributed by atoms with Crippen LogP contribution < -0.4 is 9.90 Å². The molecule has 0 aliphatic carbocycles. The molecule has 1 aromatic heterocycles. The van der Waals surface area contributed by atoms with Crippen molar-refractivity contribution in [2.75, 3.05) is 11.0 Å². The van der Waals surface area contributed by atoms with Gasteiger partial charge in [0.05, 0.1) is 10.6 Å². The van der Waals surface area contributed by atoms with Crippen LogP contribution in [0.2, 0.25) is 0 Å². The summed E-state index contributed by atoms with van der Waals surface area (Å²) in [4.78, 5) is 19.5. The van der Waals surface area contributed by atoms with Crippen molar-refractivity contribution >= 4 is 33.4 Å². The summed E-state index contributed by atoms with van der Waals surface area (Å²) in [6, 6.07) is 15.3. The predicted molar refractivity (Wildman–Crippen MR) is 115 cm³/mol. The van der Waals surface area contributed by atoms with Crippen LogP contribution in [0.25, 0.3) is 11.3 Å². The molecular formula is C20H21N4O3S2+. The van der Waals surface area contributed by atoms with Crippen LogP contribution in [0, 0.1) is 4.91 Å². The van der Waals surface area contributed by atoms with Crippen LogP contribution in [0.1, 0.15) is 25.3 Å². The molecule has 150 valence electrons. The third-order valence-electron chi connectivity index (χ3n) is 4.26. The van der Waals surface area contributed by atoms with Gasteiger partial charge in [-0.3, -0.25) is 0 Å². The highest BCUT2D eigenvalue weighted by Gasteiger charge is 2.19. The molecule has 7 nitrogen and oxygen atoms in total. The van der Waals surface area contributed by atoms with Crippen molar-refractivity contribution in [3.05, 3.63) is 65.1 Å². The fraction of sp³-hybridized carbons (Fsp3) is 0.200. The first kappa shape index (κ1) is 20.9. The van der Waals surface area contributed by atoms with E-state index in [9.17, 15) is 13.3 Å². The SMILES string of the molecule is CSc1cc(-c2ccccc2C(C)C)nc(NS(=O)(=O)c2cccc([NH+]=O)c2)n1. The Bertz CT molecular complexity index is 1150. The molecule has 0 unspecified atom stereocenters. The monoisotopic (exact) mass is 429 g/mol. The molecule has 0 amide bonds. The van der Waals surface area contributed by atoms with Crippen LogP contribution in [0.3, 0.4) is 0 Å². The number of benzene rings is 2. The number of nitrogens with one attached hydrogen (secondary N) is 2. The second kappa shape index (κ2) is 8.71. The zero-order valence-corrected chi connectivity index (χ0v) is 17.8. The second-order valence-corrected chi connectivity index (χ2v) is 9.11. The number of aromatic nitrogens is 2. The average molecular weight is 430 g/mol. The van der Waals surface area contributed by atoms with Crippen molar-refractivity contribution in [1.82, 2.24) is 9.97 Å². The lowest BCUT2D eigenvalue weighted by Gasteiger charge is -2.14. The lowest BCUT2D eigenvalue weighted by atomic mass is 9.95. The molecule has 0 saturated heterocycles. The molecule has 2 N–H and O–H groups in total. The van der Waals surface area contributed by atoms with Crippen LogP contribution in [-0.4, -0.2) is 24.6 Å². The third-order valence-corrected chi connectivity index (χ3v) is 6.21. The molecule has 29 heavy (non-hydrogen) atoms. The van der Waals surface area contributed by atoms with Gasteiger partial charge < -0.3 is 0 Å². The highest BCUT2D eigenvalue weighted by molar-refractivity contribution is 7.98. The molecule has 9 heteroatoms. The van der Waals surface area contributed by atoms with Gasteiger partial charge in [0.2, 0.25) is 5.95 Å². The van der Waals surface area contributed by atoms with Gasteiger partial charge >= 0.3 is 0 Å². The number of nitrogens with zero attached hydrogens (tertiary/aromatic N) is 2. The molecule has 2 aromatic carbocycles. The Morgan fingerprint density at radius 2 is 1.79 bits per heavy atom. The highest BCUT2D eigenvalue weighted by Crippen LogP contribution is 2.30. The van der Waals surface area contributed by atoms with Crippen molar-refractivity contribution in [3.8, 4) is 11.3 Å². The first-order chi connectivity index (χ1) is 13.8. The van der Waals surface area contributed by atoms with Crippen LogP contribution in [0.15, 0.2) is 64.5 Å². The topological polar surface area (TPSA) is 103 Å². The molecule has 3 rings (SSSR count). The minimum Gasteiger partial charge on any atom is -0.247 e. The minimum absolute atomic E-state index is 0.0223. The standard InChI is InChI=1S/C20H20N4O3S2/c1-13(2)16-9-4-5-10-17(16)18-12-19(28-3)22-20(21-18)24-29(26,27)15-8-6-7-14(11-15)23-25/h4-13H,1-3H3,(H,21,22,24)/p+1. The second-order valence-electron chi connectivity index (χ2n) is 6.60. The van der Waals surface area contributed by atoms with Crippen molar-refractivity contribution in [2.45, 2.75) is 29.7 Å². The zero-order valence-electron chi connectivity index (χ0n) is 16.2. The van der Waals surface area contributed by atoms with E-state index in [1.807, 2.05) is 36.6 Å². The van der Waals surface area contributed by atoms with E-state index in [0.717, 1.165) is 11.1 Å². The number of hydrogen-bond donors (Lipinski definition) is 2. The van der Waals surface area contributed by atoms with Crippen LogP contribution >= 0.6 is 11.8 Å². The Hall–Kier alpha value is -2.78. The number of thioether (sulfide) groups is 1. The largest absolute Gasteiger partial charge is 0.264 e. The van der Waals surface area contributed by atoms with Gasteiger partial charge in [0, 0.05) is 27.8 Å². The van der Waals surface area contributed by atoms with E-state index in [-0.39, 0.29) is 22.4 Å². The lowest BCUT2D eigenvalue weighted by molar-refractivity contribution is -0.379. The zero-order chi connectivity index (χ0) is 21.0. The molecule has 0 atom stereocenters. The van der Waals surface area contributed by atoms with Crippen molar-refractivity contribution in [1.29, 1.82) is 0 Å². The Balaban J connectivity index is 2.05. The Morgan fingerprint density at radius 1 is 1.03 bits per heavy atom. The smallest absolute Gasteiger partial charge is 0.247 e. The van der Waals surface area contributed by atoms with Crippen LogP contribution in [0.4, 0.5) is 11.6 Å². The Kier molecular flexibility index (Phi) is 6.29. The first-order valence-electron chi connectivity index (χ1n) is 8.87. The lowest BCUT2D eigenvalue weighted by Crippen LogP contribution is -2.55. The van der Waals surface area contributed by atoms with E-state index in [4.69, 9.17) is 0 Å². The molecule has 0 radical (unpaired) electrons. The fourth-order valence-corrected chi connectivity index (χ4v) is 4.25. The summed E-state index contributed by atoms with van der Waals surface area (Å²) in [5, 5.41) is 2.33. The van der Waals surface area contributed by atoms with Crippen LogP contribution in [0.5, 0.6) is 0 Å². The quantitative estimate of drug-likeness (QED) is 0.441. The fourth-order valence-electron chi connectivity index (χ4n) is 2.85. The van der Waals surface area contributed by atoms with Crippen molar-refractivity contribution in [3.63, 3.8) is 0 Å². The first-order valence-corrected chi connectivity index (χ1v) is 11.6. The number of rotatable bonds is 7. The molecule has 0 aliphatic heterocycles. The van der Waals surface area contributed by atoms with E-state index >= 15 is 0 Å². The van der Waals surface area contributed by atoms with Gasteiger partial charge in [0.25, 0.3) is 15.7 Å². The van der Waals surface area contributed by atoms with Gasteiger partial charge in [-0.15, -0.1) is 11.8 Å². The van der Waals surface area contributed by atoms with Crippen molar-refractivity contribution in [2.24, 2.45) is 0 Å². The molecule has 0 bridgehead atoms. The molecule has 0 fully saturated rings. The van der Waals surface area contributed by atoms with Gasteiger partial charge in [-0.1, -0.05) is 44.2 Å². The molecule has 0 spiro atoms. The van der Waals surface area contributed by atoms with E-state index < -0.39 is 10.0 Å². The number of sulfonamides is 1. The maximum Gasteiger partial charge on any atom is 0.264 e. The summed E-state index contributed by atoms with van der Waals surface area (Å²) in [5.41, 5.74) is 2.83. The predicted octanol–water partition coefficient (Wildman–Crippen LogP) is 3.27. The van der Waals surface area contributed by atoms with Gasteiger partial charge in [-0.2, -0.15) is 0 Å². The Labute approximate surface area is 174 Å². The van der Waals surface area contributed by atoms with Crippen molar-refractivity contribution < 1.29 is 13.6 Å². The van der Waals surface area contributed by atoms with E-state index in [1.165, 1.54) is 36.0 Å². The van der Waals surface area contributed by atoms with E-state index in [1.54, 1.807) is 5.18 Å². The maximum absolute atomic E-state index is 12.8. The average Bonchev–Trinajstić information content (AvgIpc) is 2.73. The maximum atomic E-state index is 12.8. The summed E-state index contributed by atoms with van der Waals surface area (Å²) >= 11 is 1.40. The van der Waals surface area contributed by atoms with Crippen LogP contribution in [-0.2, 0) is 10.0 Å². The molecule has 0 saturated carbocycles. The molecule has 1 heterocycles. The van der Waals surface area contributed by atoms with E-state index in [2.05, 4.69) is 28.5 Å². The minimum atomic E-state index is -3.96. The summed E-state index contributed by atoms with van der Waals surface area (Å²) in [7, 11) is -3.96. The summed E-state index contributed by atoms with van der Waals surface area (Å²) in [5.74, 6) is 0.257.